The van der Waals surface area contributed by atoms with Gasteiger partial charge in [-0.3, -0.25) is 9.59 Å². The maximum Gasteiger partial charge on any atom is 0.255 e. The van der Waals surface area contributed by atoms with Crippen LogP contribution in [-0.4, -0.2) is 43.5 Å². The number of para-hydroxylation sites is 1. The molecule has 0 saturated carbocycles. The van der Waals surface area contributed by atoms with Crippen LogP contribution in [0.4, 0.5) is 0 Å². The maximum absolute atomic E-state index is 12.4. The smallest absolute Gasteiger partial charge is 0.255 e. The molecule has 0 radical (unpaired) electrons. The lowest BCUT2D eigenvalue weighted by Gasteiger charge is -2.18. The lowest BCUT2D eigenvalue weighted by Crippen LogP contribution is -2.47. The van der Waals surface area contributed by atoms with Crippen LogP contribution in [0.1, 0.15) is 16.8 Å². The van der Waals surface area contributed by atoms with E-state index in [1.807, 2.05) is 6.26 Å². The third kappa shape index (κ3) is 5.34. The molecular formula is C16H20N2O3S. The lowest BCUT2D eigenvalue weighted by molar-refractivity contribution is -0.122. The van der Waals surface area contributed by atoms with E-state index in [0.29, 0.717) is 17.7 Å². The van der Waals surface area contributed by atoms with Crippen molar-refractivity contribution in [3.05, 3.63) is 29.8 Å². The summed E-state index contributed by atoms with van der Waals surface area (Å²) in [5.41, 5.74) is 0.393. The predicted octanol–water partition coefficient (Wildman–Crippen LogP) is 1.30. The second-order valence-corrected chi connectivity index (χ2v) is 5.42. The topological polar surface area (TPSA) is 67.4 Å². The largest absolute Gasteiger partial charge is 0.496 e. The molecule has 0 fully saturated rings. The Balaban J connectivity index is 2.81. The van der Waals surface area contributed by atoms with Crippen molar-refractivity contribution in [3.8, 4) is 18.1 Å². The minimum absolute atomic E-state index is 0.138. The van der Waals surface area contributed by atoms with Crippen molar-refractivity contribution >= 4 is 23.6 Å². The van der Waals surface area contributed by atoms with Gasteiger partial charge in [0.05, 0.1) is 19.2 Å². The lowest BCUT2D eigenvalue weighted by atomic mass is 10.1. The SMILES string of the molecule is C#CCNC(=O)[C@H](CCSC)NC(=O)c1ccccc1OC. The first-order valence-corrected chi connectivity index (χ1v) is 8.17. The van der Waals surface area contributed by atoms with Crippen LogP contribution in [0.2, 0.25) is 0 Å². The number of nitrogens with one attached hydrogen (secondary N) is 2. The summed E-state index contributed by atoms with van der Waals surface area (Å²) in [7, 11) is 1.50. The van der Waals surface area contributed by atoms with E-state index in [1.54, 1.807) is 36.0 Å². The second-order valence-electron chi connectivity index (χ2n) is 4.43. The Morgan fingerprint density at radius 3 is 2.77 bits per heavy atom. The van der Waals surface area contributed by atoms with Crippen LogP contribution < -0.4 is 15.4 Å². The van der Waals surface area contributed by atoms with Crippen molar-refractivity contribution < 1.29 is 14.3 Å². The van der Waals surface area contributed by atoms with Crippen LogP contribution in [0.15, 0.2) is 24.3 Å². The van der Waals surface area contributed by atoms with Crippen LogP contribution >= 0.6 is 11.8 Å². The molecule has 0 aliphatic rings. The number of methoxy groups -OCH3 is 1. The normalized spacial score (nSPS) is 11.1. The van der Waals surface area contributed by atoms with E-state index in [2.05, 4.69) is 16.6 Å². The number of rotatable bonds is 8. The summed E-state index contributed by atoms with van der Waals surface area (Å²) < 4.78 is 5.16. The van der Waals surface area contributed by atoms with Crippen LogP contribution in [-0.2, 0) is 4.79 Å². The van der Waals surface area contributed by atoms with Gasteiger partial charge in [-0.15, -0.1) is 6.42 Å². The third-order valence-electron chi connectivity index (χ3n) is 2.95. The highest BCUT2D eigenvalue weighted by atomic mass is 32.2. The van der Waals surface area contributed by atoms with Gasteiger partial charge in [-0.05, 0) is 30.6 Å². The molecule has 0 spiro atoms. The van der Waals surface area contributed by atoms with Gasteiger partial charge >= 0.3 is 0 Å². The molecule has 0 saturated heterocycles. The monoisotopic (exact) mass is 320 g/mol. The van der Waals surface area contributed by atoms with E-state index in [9.17, 15) is 9.59 Å². The molecule has 1 atom stereocenters. The molecule has 5 nitrogen and oxygen atoms in total. The highest BCUT2D eigenvalue weighted by molar-refractivity contribution is 7.98. The number of thioether (sulfide) groups is 1. The minimum Gasteiger partial charge on any atom is -0.496 e. The number of hydrogen-bond acceptors (Lipinski definition) is 4. The first-order valence-electron chi connectivity index (χ1n) is 6.78. The van der Waals surface area contributed by atoms with Crippen molar-refractivity contribution in [1.82, 2.24) is 10.6 Å². The highest BCUT2D eigenvalue weighted by Gasteiger charge is 2.22. The minimum atomic E-state index is -0.627. The van der Waals surface area contributed by atoms with Gasteiger partial charge in [-0.1, -0.05) is 18.1 Å². The van der Waals surface area contributed by atoms with Gasteiger partial charge < -0.3 is 15.4 Å². The molecule has 1 rings (SSSR count). The number of carbonyl (C=O) groups excluding carboxylic acids is 2. The van der Waals surface area contributed by atoms with Gasteiger partial charge in [-0.25, -0.2) is 0 Å². The third-order valence-corrected chi connectivity index (χ3v) is 3.59. The quantitative estimate of drug-likeness (QED) is 0.709. The molecule has 0 aromatic heterocycles. The van der Waals surface area contributed by atoms with Crippen molar-refractivity contribution in [2.75, 3.05) is 25.7 Å². The zero-order valence-corrected chi connectivity index (χ0v) is 13.5. The average molecular weight is 320 g/mol. The van der Waals surface area contributed by atoms with Gasteiger partial charge in [0.15, 0.2) is 0 Å². The Labute approximate surface area is 135 Å². The summed E-state index contributed by atoms with van der Waals surface area (Å²) in [5, 5.41) is 5.34. The Morgan fingerprint density at radius 2 is 2.14 bits per heavy atom. The zero-order valence-electron chi connectivity index (χ0n) is 12.7. The molecular weight excluding hydrogens is 300 g/mol. The van der Waals surface area contributed by atoms with Crippen LogP contribution in [0, 0.1) is 12.3 Å². The fourth-order valence-corrected chi connectivity index (χ4v) is 2.31. The maximum atomic E-state index is 12.4. The van der Waals surface area contributed by atoms with E-state index in [-0.39, 0.29) is 18.4 Å². The summed E-state index contributed by atoms with van der Waals surface area (Å²) >= 11 is 1.61. The number of amides is 2. The van der Waals surface area contributed by atoms with E-state index in [4.69, 9.17) is 11.2 Å². The van der Waals surface area contributed by atoms with Gasteiger partial charge in [0.1, 0.15) is 11.8 Å². The summed E-state index contributed by atoms with van der Waals surface area (Å²) in [6, 6.07) is 6.24. The van der Waals surface area contributed by atoms with E-state index < -0.39 is 6.04 Å². The predicted molar refractivity (Wildman–Crippen MR) is 89.1 cm³/mol. The molecule has 118 valence electrons. The van der Waals surface area contributed by atoms with E-state index in [1.165, 1.54) is 7.11 Å². The van der Waals surface area contributed by atoms with Crippen LogP contribution in [0.5, 0.6) is 5.75 Å². The first-order chi connectivity index (χ1) is 10.6. The zero-order chi connectivity index (χ0) is 16.4. The molecule has 0 aliphatic heterocycles. The first kappa shape index (κ1) is 17.9. The Hall–Kier alpha value is -2.13. The number of hydrogen-bond donors (Lipinski definition) is 2. The van der Waals surface area contributed by atoms with Crippen molar-refractivity contribution in [2.24, 2.45) is 0 Å². The van der Waals surface area contributed by atoms with E-state index in [0.717, 1.165) is 5.75 Å². The van der Waals surface area contributed by atoms with Crippen molar-refractivity contribution in [1.29, 1.82) is 0 Å². The fourth-order valence-electron chi connectivity index (χ4n) is 1.83. The molecule has 2 amide bonds. The summed E-state index contributed by atoms with van der Waals surface area (Å²) in [6.45, 7) is 0.138. The average Bonchev–Trinajstić information content (AvgIpc) is 2.55. The van der Waals surface area contributed by atoms with Crippen molar-refractivity contribution in [3.63, 3.8) is 0 Å². The molecule has 2 N–H and O–H groups in total. The van der Waals surface area contributed by atoms with Crippen LogP contribution in [0.25, 0.3) is 0 Å². The van der Waals surface area contributed by atoms with E-state index >= 15 is 0 Å². The Morgan fingerprint density at radius 1 is 1.41 bits per heavy atom. The molecule has 6 heteroatoms. The molecule has 1 aromatic rings. The standard InChI is InChI=1S/C16H20N2O3S/c1-4-10-17-16(20)13(9-11-22-3)18-15(19)12-7-5-6-8-14(12)21-2/h1,5-8,13H,9-11H2,2-3H3,(H,17,20)(H,18,19)/t13-/m0/s1. The fraction of sp³-hybridized carbons (Fsp3) is 0.375. The molecule has 0 unspecified atom stereocenters. The Bertz CT molecular complexity index is 555. The van der Waals surface area contributed by atoms with Gasteiger partial charge in [0.2, 0.25) is 5.91 Å². The molecule has 22 heavy (non-hydrogen) atoms. The summed E-state index contributed by atoms with van der Waals surface area (Å²) in [6.07, 6.45) is 7.60. The van der Waals surface area contributed by atoms with Crippen molar-refractivity contribution in [2.45, 2.75) is 12.5 Å². The number of ether oxygens (including phenoxy) is 1. The number of terminal acetylenes is 1. The molecule has 0 heterocycles. The Kier molecular flexibility index (Phi) is 7.94. The van der Waals surface area contributed by atoms with Gasteiger partial charge in [-0.2, -0.15) is 11.8 Å². The van der Waals surface area contributed by atoms with Gasteiger partial charge in [0, 0.05) is 0 Å². The number of carbonyl (C=O) groups is 2. The second kappa shape index (κ2) is 9.74. The molecule has 0 aliphatic carbocycles. The summed E-state index contributed by atoms with van der Waals surface area (Å²) in [4.78, 5) is 24.4. The van der Waals surface area contributed by atoms with Crippen LogP contribution in [0.3, 0.4) is 0 Å². The number of benzene rings is 1. The molecule has 1 aromatic carbocycles. The molecule has 0 bridgehead atoms. The summed E-state index contributed by atoms with van der Waals surface area (Å²) in [5.74, 6) is 2.93. The highest BCUT2D eigenvalue weighted by Crippen LogP contribution is 2.17. The van der Waals surface area contributed by atoms with Gasteiger partial charge in [0.25, 0.3) is 5.91 Å².